The van der Waals surface area contributed by atoms with Crippen LogP contribution in [-0.4, -0.2) is 48.6 Å². The highest BCUT2D eigenvalue weighted by molar-refractivity contribution is 5.97. The summed E-state index contributed by atoms with van der Waals surface area (Å²) >= 11 is 0. The molecular weight excluding hydrogens is 244 g/mol. The molecule has 1 saturated carbocycles. The lowest BCUT2D eigenvalue weighted by Crippen LogP contribution is -2.64. The molecule has 0 spiro atoms. The van der Waals surface area contributed by atoms with Crippen molar-refractivity contribution in [1.29, 1.82) is 0 Å². The van der Waals surface area contributed by atoms with Crippen LogP contribution in [0.5, 0.6) is 0 Å². The van der Waals surface area contributed by atoms with Gasteiger partial charge in [-0.25, -0.2) is 0 Å². The summed E-state index contributed by atoms with van der Waals surface area (Å²) in [7, 11) is 1.63. The maximum Gasteiger partial charge on any atom is 0.246 e. The molecule has 2 fully saturated rings. The standard InChI is InChI=1S/C14H24N2O3/c1-4-5-11-13(17)15-12(10-6-7-10)14(18)16(11)8-9(2)19-3/h9-12H,4-8H2,1-3H3,(H,15,17). The summed E-state index contributed by atoms with van der Waals surface area (Å²) in [6.45, 7) is 4.45. The van der Waals surface area contributed by atoms with Crippen molar-refractivity contribution in [1.82, 2.24) is 10.2 Å². The maximum atomic E-state index is 12.5. The summed E-state index contributed by atoms with van der Waals surface area (Å²) in [5, 5.41) is 2.91. The topological polar surface area (TPSA) is 58.6 Å². The highest BCUT2D eigenvalue weighted by Crippen LogP contribution is 2.35. The van der Waals surface area contributed by atoms with Crippen LogP contribution in [0.15, 0.2) is 0 Å². The number of nitrogens with one attached hydrogen (secondary N) is 1. The Bertz CT molecular complexity index is 355. The van der Waals surface area contributed by atoms with Crippen LogP contribution in [0.4, 0.5) is 0 Å². The lowest BCUT2D eigenvalue weighted by atomic mass is 10.00. The molecule has 0 aromatic rings. The van der Waals surface area contributed by atoms with Gasteiger partial charge in [-0.15, -0.1) is 0 Å². The molecule has 0 radical (unpaired) electrons. The first-order valence-corrected chi connectivity index (χ1v) is 7.22. The summed E-state index contributed by atoms with van der Waals surface area (Å²) in [5.41, 5.74) is 0. The maximum absolute atomic E-state index is 12.5. The summed E-state index contributed by atoms with van der Waals surface area (Å²) < 4.78 is 5.25. The summed E-state index contributed by atoms with van der Waals surface area (Å²) in [6, 6.07) is -0.630. The van der Waals surface area contributed by atoms with E-state index in [1.165, 1.54) is 0 Å². The average molecular weight is 268 g/mol. The Morgan fingerprint density at radius 1 is 1.42 bits per heavy atom. The molecule has 3 atom stereocenters. The Morgan fingerprint density at radius 3 is 2.63 bits per heavy atom. The van der Waals surface area contributed by atoms with Gasteiger partial charge in [0.2, 0.25) is 11.8 Å². The van der Waals surface area contributed by atoms with Crippen molar-refractivity contribution in [2.75, 3.05) is 13.7 Å². The van der Waals surface area contributed by atoms with E-state index < -0.39 is 0 Å². The number of methoxy groups -OCH3 is 1. The molecule has 3 unspecified atom stereocenters. The second-order valence-electron chi connectivity index (χ2n) is 5.67. The van der Waals surface area contributed by atoms with Crippen molar-refractivity contribution in [3.05, 3.63) is 0 Å². The highest BCUT2D eigenvalue weighted by Gasteiger charge is 2.46. The Kier molecular flexibility index (Phi) is 4.45. The zero-order valence-corrected chi connectivity index (χ0v) is 12.0. The van der Waals surface area contributed by atoms with Gasteiger partial charge in [0.25, 0.3) is 0 Å². The number of hydrogen-bond acceptors (Lipinski definition) is 3. The van der Waals surface area contributed by atoms with Crippen LogP contribution in [0.2, 0.25) is 0 Å². The largest absolute Gasteiger partial charge is 0.380 e. The van der Waals surface area contributed by atoms with Crippen molar-refractivity contribution >= 4 is 11.8 Å². The van der Waals surface area contributed by atoms with E-state index in [1.54, 1.807) is 12.0 Å². The Hall–Kier alpha value is -1.10. The molecule has 0 aromatic carbocycles. The zero-order valence-electron chi connectivity index (χ0n) is 12.0. The number of piperazine rings is 1. The summed E-state index contributed by atoms with van der Waals surface area (Å²) in [5.74, 6) is 0.422. The minimum absolute atomic E-state index is 0.00153. The normalized spacial score (nSPS) is 29.3. The molecule has 0 aromatic heterocycles. The van der Waals surface area contributed by atoms with Crippen LogP contribution in [0, 0.1) is 5.92 Å². The SMILES string of the molecule is CCCC1C(=O)NC(C2CC2)C(=O)N1CC(C)OC. The van der Waals surface area contributed by atoms with Crippen LogP contribution >= 0.6 is 0 Å². The third-order valence-corrected chi connectivity index (χ3v) is 4.04. The van der Waals surface area contributed by atoms with E-state index in [2.05, 4.69) is 5.32 Å². The highest BCUT2D eigenvalue weighted by atomic mass is 16.5. The molecule has 1 saturated heterocycles. The van der Waals surface area contributed by atoms with Crippen LogP contribution in [0.1, 0.15) is 39.5 Å². The number of ether oxygens (including phenoxy) is 1. The third-order valence-electron chi connectivity index (χ3n) is 4.04. The number of rotatable bonds is 6. The molecule has 5 nitrogen and oxygen atoms in total. The minimum Gasteiger partial charge on any atom is -0.380 e. The predicted molar refractivity (Wildman–Crippen MR) is 71.5 cm³/mol. The van der Waals surface area contributed by atoms with Crippen LogP contribution in [-0.2, 0) is 14.3 Å². The molecule has 2 rings (SSSR count). The molecule has 2 amide bonds. The van der Waals surface area contributed by atoms with Crippen LogP contribution < -0.4 is 5.32 Å². The fourth-order valence-electron chi connectivity index (χ4n) is 2.66. The first-order valence-electron chi connectivity index (χ1n) is 7.22. The van der Waals surface area contributed by atoms with Gasteiger partial charge in [-0.2, -0.15) is 0 Å². The van der Waals surface area contributed by atoms with Crippen molar-refractivity contribution in [2.45, 2.75) is 57.7 Å². The van der Waals surface area contributed by atoms with Crippen molar-refractivity contribution in [2.24, 2.45) is 5.92 Å². The van der Waals surface area contributed by atoms with E-state index in [0.29, 0.717) is 18.9 Å². The minimum atomic E-state index is -0.329. The third kappa shape index (κ3) is 3.08. The van der Waals surface area contributed by atoms with E-state index in [9.17, 15) is 9.59 Å². The van der Waals surface area contributed by atoms with Crippen LogP contribution in [0.25, 0.3) is 0 Å². The van der Waals surface area contributed by atoms with E-state index in [4.69, 9.17) is 4.74 Å². The number of amides is 2. The molecule has 1 heterocycles. The molecule has 0 bridgehead atoms. The van der Waals surface area contributed by atoms with Gasteiger partial charge in [0.05, 0.1) is 6.10 Å². The molecule has 1 aliphatic heterocycles. The van der Waals surface area contributed by atoms with E-state index >= 15 is 0 Å². The average Bonchev–Trinajstić information content (AvgIpc) is 3.21. The molecule has 108 valence electrons. The first kappa shape index (κ1) is 14.3. The Morgan fingerprint density at radius 2 is 2.11 bits per heavy atom. The van der Waals surface area contributed by atoms with Gasteiger partial charge < -0.3 is 15.0 Å². The fourth-order valence-corrected chi connectivity index (χ4v) is 2.66. The molecule has 1 N–H and O–H groups in total. The van der Waals surface area contributed by atoms with E-state index in [-0.39, 0.29) is 30.0 Å². The molecule has 2 aliphatic rings. The van der Waals surface area contributed by atoms with Gasteiger partial charge in [0.15, 0.2) is 0 Å². The Balaban J connectivity index is 2.13. The summed E-state index contributed by atoms with van der Waals surface area (Å²) in [6.07, 6.45) is 3.64. The quantitative estimate of drug-likeness (QED) is 0.779. The molecular formula is C14H24N2O3. The van der Waals surface area contributed by atoms with Crippen molar-refractivity contribution in [3.63, 3.8) is 0 Å². The van der Waals surface area contributed by atoms with Gasteiger partial charge in [-0.05, 0) is 32.1 Å². The number of hydrogen-bond donors (Lipinski definition) is 1. The fraction of sp³-hybridized carbons (Fsp3) is 0.857. The van der Waals surface area contributed by atoms with E-state index in [0.717, 1.165) is 19.3 Å². The molecule has 19 heavy (non-hydrogen) atoms. The monoisotopic (exact) mass is 268 g/mol. The smallest absolute Gasteiger partial charge is 0.246 e. The number of carbonyl (C=O) groups is 2. The number of nitrogens with zero attached hydrogens (tertiary/aromatic N) is 1. The van der Waals surface area contributed by atoms with Gasteiger partial charge in [0.1, 0.15) is 12.1 Å². The molecule has 5 heteroatoms. The van der Waals surface area contributed by atoms with Crippen molar-refractivity contribution in [3.8, 4) is 0 Å². The zero-order chi connectivity index (χ0) is 14.0. The van der Waals surface area contributed by atoms with Crippen molar-refractivity contribution < 1.29 is 14.3 Å². The van der Waals surface area contributed by atoms with Crippen LogP contribution in [0.3, 0.4) is 0 Å². The van der Waals surface area contributed by atoms with Gasteiger partial charge in [-0.3, -0.25) is 9.59 Å². The first-order chi connectivity index (χ1) is 9.08. The van der Waals surface area contributed by atoms with E-state index in [1.807, 2.05) is 13.8 Å². The second kappa shape index (κ2) is 5.90. The molecule has 1 aliphatic carbocycles. The van der Waals surface area contributed by atoms with Gasteiger partial charge in [-0.1, -0.05) is 13.3 Å². The van der Waals surface area contributed by atoms with Gasteiger partial charge >= 0.3 is 0 Å². The second-order valence-corrected chi connectivity index (χ2v) is 5.67. The predicted octanol–water partition coefficient (Wildman–Crippen LogP) is 0.927. The number of carbonyl (C=O) groups excluding carboxylic acids is 2. The lowest BCUT2D eigenvalue weighted by Gasteiger charge is -2.40. The lowest BCUT2D eigenvalue weighted by molar-refractivity contribution is -0.152. The van der Waals surface area contributed by atoms with Gasteiger partial charge in [0, 0.05) is 13.7 Å². The Labute approximate surface area is 114 Å². The summed E-state index contributed by atoms with van der Waals surface area (Å²) in [4.78, 5) is 26.5.